The van der Waals surface area contributed by atoms with Gasteiger partial charge in [-0.05, 0) is 24.1 Å². The van der Waals surface area contributed by atoms with Gasteiger partial charge in [-0.3, -0.25) is 9.59 Å². The van der Waals surface area contributed by atoms with Gasteiger partial charge in [0.15, 0.2) is 5.66 Å². The normalized spacial score (nSPS) is 19.7. The Hall–Kier alpha value is -3.86. The molecule has 0 saturated carbocycles. The molecule has 0 aromatic heterocycles. The molecule has 160 valence electrons. The van der Waals surface area contributed by atoms with Gasteiger partial charge in [0.1, 0.15) is 0 Å². The number of nitrogens with zero attached hydrogens (tertiary/aromatic N) is 1. The van der Waals surface area contributed by atoms with Crippen molar-refractivity contribution in [3.8, 4) is 0 Å². The van der Waals surface area contributed by atoms with Crippen LogP contribution in [0, 0.1) is 0 Å². The van der Waals surface area contributed by atoms with E-state index < -0.39 is 17.4 Å². The van der Waals surface area contributed by atoms with Gasteiger partial charge in [0, 0.05) is 12.1 Å². The fourth-order valence-corrected chi connectivity index (χ4v) is 4.66. The first-order chi connectivity index (χ1) is 15.7. The number of para-hydroxylation sites is 2. The monoisotopic (exact) mass is 423 g/mol. The fraction of sp³-hybridized carbons (Fsp3) is 0.185. The quantitative estimate of drug-likeness (QED) is 0.567. The van der Waals surface area contributed by atoms with Crippen molar-refractivity contribution in [2.24, 2.45) is 0 Å². The van der Waals surface area contributed by atoms with Gasteiger partial charge in [0.2, 0.25) is 0 Å². The summed E-state index contributed by atoms with van der Waals surface area (Å²) in [6.07, 6.45) is 1.72. The zero-order chi connectivity index (χ0) is 22.1. The molecule has 2 aliphatic rings. The van der Waals surface area contributed by atoms with Crippen LogP contribution < -0.4 is 10.6 Å². The Kier molecular flexibility index (Phi) is 5.02. The number of carbonyl (C=O) groups is 2. The standard InChI is InChI=1S/C27H25N3O2/c1-2-3-18-30-26(32)25(31)23-24(19-12-6-4-7-13-19)28-21-16-10-11-17-22(21)29-27(23,30)20-14-8-5-9-15-20/h4-17,28-29H,2-3,18H2,1H3/t27-/m0/s1. The van der Waals surface area contributed by atoms with E-state index in [9.17, 15) is 9.59 Å². The number of benzene rings is 3. The van der Waals surface area contributed by atoms with Crippen molar-refractivity contribution < 1.29 is 9.59 Å². The number of Topliss-reactive ketones (excluding diaryl/α,β-unsaturated/α-hetero) is 1. The lowest BCUT2D eigenvalue weighted by Crippen LogP contribution is -2.50. The Morgan fingerprint density at radius 1 is 0.812 bits per heavy atom. The third-order valence-electron chi connectivity index (χ3n) is 6.17. The summed E-state index contributed by atoms with van der Waals surface area (Å²) in [7, 11) is 0. The summed E-state index contributed by atoms with van der Waals surface area (Å²) in [6.45, 7) is 2.57. The number of unbranched alkanes of at least 4 members (excludes halogenated alkanes) is 1. The molecule has 1 atom stereocenters. The summed E-state index contributed by atoms with van der Waals surface area (Å²) in [5.41, 5.74) is 3.41. The van der Waals surface area contributed by atoms with Crippen LogP contribution in [0.2, 0.25) is 0 Å². The molecular formula is C27H25N3O2. The number of ketones is 1. The summed E-state index contributed by atoms with van der Waals surface area (Å²) < 4.78 is 0. The summed E-state index contributed by atoms with van der Waals surface area (Å²) in [4.78, 5) is 28.8. The molecule has 0 aliphatic carbocycles. The van der Waals surface area contributed by atoms with Crippen molar-refractivity contribution in [1.29, 1.82) is 0 Å². The van der Waals surface area contributed by atoms with Gasteiger partial charge in [-0.1, -0.05) is 86.1 Å². The van der Waals surface area contributed by atoms with Crippen molar-refractivity contribution in [3.05, 3.63) is 102 Å². The number of fused-ring (bicyclic) bond motifs is 2. The number of amides is 1. The highest BCUT2D eigenvalue weighted by Crippen LogP contribution is 2.49. The molecular weight excluding hydrogens is 398 g/mol. The number of likely N-dealkylation sites (tertiary alicyclic amines) is 1. The fourth-order valence-electron chi connectivity index (χ4n) is 4.66. The van der Waals surface area contributed by atoms with Crippen LogP contribution in [0.1, 0.15) is 30.9 Å². The maximum absolute atomic E-state index is 13.7. The summed E-state index contributed by atoms with van der Waals surface area (Å²) in [5, 5.41) is 7.12. The second-order valence-corrected chi connectivity index (χ2v) is 8.13. The van der Waals surface area contributed by atoms with Crippen LogP contribution in [-0.4, -0.2) is 23.1 Å². The summed E-state index contributed by atoms with van der Waals surface area (Å²) in [6, 6.07) is 27.4. The van der Waals surface area contributed by atoms with Gasteiger partial charge in [0.25, 0.3) is 11.7 Å². The Morgan fingerprint density at radius 3 is 2.12 bits per heavy atom. The number of nitrogens with one attached hydrogen (secondary N) is 2. The van der Waals surface area contributed by atoms with E-state index in [1.165, 1.54) is 0 Å². The lowest BCUT2D eigenvalue weighted by Gasteiger charge is -2.40. The number of rotatable bonds is 5. The third-order valence-corrected chi connectivity index (χ3v) is 6.17. The first-order valence-electron chi connectivity index (χ1n) is 11.0. The van der Waals surface area contributed by atoms with Crippen LogP contribution >= 0.6 is 0 Å². The molecule has 0 unspecified atom stereocenters. The number of hydrogen-bond donors (Lipinski definition) is 2. The highest BCUT2D eigenvalue weighted by Gasteiger charge is 2.58. The van der Waals surface area contributed by atoms with Crippen molar-refractivity contribution in [3.63, 3.8) is 0 Å². The van der Waals surface area contributed by atoms with Gasteiger partial charge in [-0.15, -0.1) is 0 Å². The molecule has 1 fully saturated rings. The highest BCUT2D eigenvalue weighted by atomic mass is 16.2. The molecule has 0 bridgehead atoms. The minimum Gasteiger partial charge on any atom is -0.353 e. The zero-order valence-electron chi connectivity index (χ0n) is 18.0. The highest BCUT2D eigenvalue weighted by molar-refractivity contribution is 6.48. The Balaban J connectivity index is 1.87. The van der Waals surface area contributed by atoms with Gasteiger partial charge in [-0.2, -0.15) is 0 Å². The molecule has 1 amide bonds. The first-order valence-corrected chi connectivity index (χ1v) is 11.0. The lowest BCUT2D eigenvalue weighted by molar-refractivity contribution is -0.140. The minimum absolute atomic E-state index is 0.437. The molecule has 0 radical (unpaired) electrons. The van der Waals surface area contributed by atoms with Crippen LogP contribution in [0.5, 0.6) is 0 Å². The molecule has 5 rings (SSSR count). The molecule has 2 heterocycles. The number of carbonyl (C=O) groups excluding carboxylic acids is 2. The predicted molar refractivity (Wildman–Crippen MR) is 127 cm³/mol. The first kappa shape index (κ1) is 20.1. The van der Waals surface area contributed by atoms with Crippen molar-refractivity contribution in [1.82, 2.24) is 4.90 Å². The van der Waals surface area contributed by atoms with E-state index in [1.54, 1.807) is 4.90 Å². The maximum atomic E-state index is 13.7. The van der Waals surface area contributed by atoms with Gasteiger partial charge < -0.3 is 15.5 Å². The Bertz CT molecular complexity index is 1200. The molecule has 5 nitrogen and oxygen atoms in total. The Labute approximate surface area is 187 Å². The van der Waals surface area contributed by atoms with Gasteiger partial charge in [-0.25, -0.2) is 0 Å². The van der Waals surface area contributed by atoms with Crippen LogP contribution in [0.3, 0.4) is 0 Å². The van der Waals surface area contributed by atoms with Crippen LogP contribution in [-0.2, 0) is 15.3 Å². The van der Waals surface area contributed by atoms with E-state index in [0.717, 1.165) is 35.3 Å². The topological polar surface area (TPSA) is 61.4 Å². The molecule has 2 N–H and O–H groups in total. The van der Waals surface area contributed by atoms with E-state index in [2.05, 4.69) is 17.6 Å². The van der Waals surface area contributed by atoms with E-state index in [-0.39, 0.29) is 0 Å². The van der Waals surface area contributed by atoms with E-state index >= 15 is 0 Å². The van der Waals surface area contributed by atoms with Gasteiger partial charge >= 0.3 is 0 Å². The lowest BCUT2D eigenvalue weighted by atomic mass is 9.87. The number of hydrogen-bond acceptors (Lipinski definition) is 4. The van der Waals surface area contributed by atoms with Crippen molar-refractivity contribution in [2.45, 2.75) is 25.4 Å². The smallest absolute Gasteiger partial charge is 0.297 e. The maximum Gasteiger partial charge on any atom is 0.297 e. The van der Waals surface area contributed by atoms with E-state index in [0.29, 0.717) is 17.8 Å². The van der Waals surface area contributed by atoms with Crippen molar-refractivity contribution >= 4 is 28.8 Å². The molecule has 1 saturated heterocycles. The molecule has 32 heavy (non-hydrogen) atoms. The zero-order valence-corrected chi connectivity index (χ0v) is 18.0. The van der Waals surface area contributed by atoms with Crippen LogP contribution in [0.25, 0.3) is 5.70 Å². The van der Waals surface area contributed by atoms with Crippen molar-refractivity contribution in [2.75, 3.05) is 17.2 Å². The molecule has 3 aromatic carbocycles. The molecule has 2 aliphatic heterocycles. The second kappa shape index (κ2) is 8.00. The second-order valence-electron chi connectivity index (χ2n) is 8.13. The minimum atomic E-state index is -1.10. The van der Waals surface area contributed by atoms with Crippen LogP contribution in [0.15, 0.2) is 90.5 Å². The van der Waals surface area contributed by atoms with Gasteiger partial charge in [0.05, 0.1) is 22.6 Å². The summed E-state index contributed by atoms with van der Waals surface area (Å²) in [5.74, 6) is -0.948. The number of anilines is 2. The third kappa shape index (κ3) is 3.01. The molecule has 0 spiro atoms. The predicted octanol–water partition coefficient (Wildman–Crippen LogP) is 5.00. The van der Waals surface area contributed by atoms with E-state index in [4.69, 9.17) is 0 Å². The van der Waals surface area contributed by atoms with Crippen LogP contribution in [0.4, 0.5) is 11.4 Å². The molecule has 5 heteroatoms. The Morgan fingerprint density at radius 2 is 1.44 bits per heavy atom. The average molecular weight is 424 g/mol. The molecule has 3 aromatic rings. The largest absolute Gasteiger partial charge is 0.353 e. The SMILES string of the molecule is CCCCN1C(=O)C(=O)C2=C(c3ccccc3)Nc3ccccc3N[C@]21c1ccccc1. The summed E-state index contributed by atoms with van der Waals surface area (Å²) >= 11 is 0. The average Bonchev–Trinajstić information content (AvgIpc) is 2.96. The van der Waals surface area contributed by atoms with E-state index in [1.807, 2.05) is 84.9 Å².